The molecule has 0 saturated heterocycles. The lowest BCUT2D eigenvalue weighted by Gasteiger charge is -2.38. The topological polar surface area (TPSA) is 46.5 Å². The van der Waals surface area contributed by atoms with Crippen molar-refractivity contribution in [2.75, 3.05) is 0 Å². The van der Waals surface area contributed by atoms with Crippen molar-refractivity contribution in [2.45, 2.75) is 24.9 Å². The second-order valence-corrected chi connectivity index (χ2v) is 3.67. The zero-order valence-electron chi connectivity index (χ0n) is 8.54. The number of carbonyl (C=O) groups excluding carboxylic acids is 1. The number of esters is 1. The van der Waals surface area contributed by atoms with Gasteiger partial charge in [0.15, 0.2) is 5.60 Å². The lowest BCUT2D eigenvalue weighted by Crippen LogP contribution is -2.55. The Balaban J connectivity index is 2.68. The molecule has 1 N–H and O–H groups in total. The average Bonchev–Trinajstić information content (AvgIpc) is 2.27. The van der Waals surface area contributed by atoms with Crippen LogP contribution in [0.25, 0.3) is 0 Å². The fourth-order valence-electron chi connectivity index (χ4n) is 1.81. The zero-order valence-corrected chi connectivity index (χ0v) is 8.54. The third kappa shape index (κ3) is 1.18. The fraction of sp³-hybridized carbons (Fsp3) is 0.364. The van der Waals surface area contributed by atoms with E-state index in [2.05, 4.69) is 4.74 Å². The molecule has 1 heterocycles. The third-order valence-electron chi connectivity index (χ3n) is 2.82. The summed E-state index contributed by atoms with van der Waals surface area (Å²) in [6, 6.07) is 5.77. The number of benzene rings is 1. The van der Waals surface area contributed by atoms with Crippen LogP contribution in [-0.2, 0) is 10.4 Å². The maximum atomic E-state index is 13.6. The van der Waals surface area contributed by atoms with Crippen molar-refractivity contribution in [1.82, 2.24) is 0 Å². The number of fused-ring (bicyclic) bond motifs is 1. The summed E-state index contributed by atoms with van der Waals surface area (Å²) in [6.07, 6.45) is -0.272. The van der Waals surface area contributed by atoms with Gasteiger partial charge in [-0.3, -0.25) is 0 Å². The van der Waals surface area contributed by atoms with E-state index in [1.165, 1.54) is 25.1 Å². The Morgan fingerprint density at radius 3 is 2.62 bits per heavy atom. The molecule has 0 saturated carbocycles. The van der Waals surface area contributed by atoms with E-state index in [0.717, 1.165) is 0 Å². The zero-order chi connectivity index (χ0) is 12.0. The molecule has 0 aliphatic carbocycles. The molecule has 0 fully saturated rings. The highest BCUT2D eigenvalue weighted by Gasteiger charge is 2.63. The molecule has 86 valence electrons. The molecule has 1 atom stereocenters. The van der Waals surface area contributed by atoms with Crippen LogP contribution in [0.5, 0.6) is 5.75 Å². The molecule has 1 aromatic rings. The van der Waals surface area contributed by atoms with E-state index < -0.39 is 17.5 Å². The van der Waals surface area contributed by atoms with Gasteiger partial charge in [-0.15, -0.1) is 0 Å². The molecule has 16 heavy (non-hydrogen) atoms. The molecule has 0 bridgehead atoms. The first kappa shape index (κ1) is 11.0. The van der Waals surface area contributed by atoms with E-state index in [9.17, 15) is 18.7 Å². The number of halogens is 2. The molecule has 1 unspecified atom stereocenters. The Bertz CT molecular complexity index is 445. The standard InChI is InChI=1S/C11H10F2O3/c1-2-10(15)7-5-3-4-6-8(7)16-9(14)11(10,12)13/h3-6,15H,2H2,1H3. The monoisotopic (exact) mass is 228 g/mol. The summed E-state index contributed by atoms with van der Waals surface area (Å²) in [6.45, 7) is 1.39. The summed E-state index contributed by atoms with van der Waals surface area (Å²) in [7, 11) is 0. The van der Waals surface area contributed by atoms with Crippen molar-refractivity contribution in [1.29, 1.82) is 0 Å². The minimum Gasteiger partial charge on any atom is -0.422 e. The highest BCUT2D eigenvalue weighted by Crippen LogP contribution is 2.48. The molecule has 0 aromatic heterocycles. The predicted octanol–water partition coefficient (Wildman–Crippen LogP) is 1.84. The number of para-hydroxylation sites is 1. The van der Waals surface area contributed by atoms with E-state index in [4.69, 9.17) is 0 Å². The molecular formula is C11H10F2O3. The minimum atomic E-state index is -3.92. The van der Waals surface area contributed by atoms with Gasteiger partial charge in [-0.2, -0.15) is 8.78 Å². The summed E-state index contributed by atoms with van der Waals surface area (Å²) < 4.78 is 31.7. The maximum absolute atomic E-state index is 13.6. The molecule has 1 aliphatic heterocycles. The number of alkyl halides is 2. The van der Waals surface area contributed by atoms with Crippen molar-refractivity contribution < 1.29 is 23.4 Å². The number of aliphatic hydroxyl groups is 1. The second-order valence-electron chi connectivity index (χ2n) is 3.67. The van der Waals surface area contributed by atoms with Gasteiger partial charge < -0.3 is 9.84 Å². The van der Waals surface area contributed by atoms with Gasteiger partial charge in [-0.25, -0.2) is 4.79 Å². The Morgan fingerprint density at radius 1 is 1.38 bits per heavy atom. The van der Waals surface area contributed by atoms with E-state index in [-0.39, 0.29) is 17.7 Å². The van der Waals surface area contributed by atoms with Crippen molar-refractivity contribution >= 4 is 5.97 Å². The second kappa shape index (κ2) is 3.25. The van der Waals surface area contributed by atoms with Gasteiger partial charge in [-0.1, -0.05) is 25.1 Å². The van der Waals surface area contributed by atoms with Gasteiger partial charge >= 0.3 is 11.9 Å². The van der Waals surface area contributed by atoms with Gasteiger partial charge in [0.05, 0.1) is 0 Å². The molecule has 0 amide bonds. The van der Waals surface area contributed by atoms with Crippen LogP contribution in [0.4, 0.5) is 8.78 Å². The van der Waals surface area contributed by atoms with Crippen LogP contribution >= 0.6 is 0 Å². The van der Waals surface area contributed by atoms with Gasteiger partial charge in [0.1, 0.15) is 5.75 Å². The Labute approximate surface area is 90.7 Å². The molecule has 3 nitrogen and oxygen atoms in total. The lowest BCUT2D eigenvalue weighted by molar-refractivity contribution is -0.217. The number of carbonyl (C=O) groups is 1. The van der Waals surface area contributed by atoms with E-state index in [1.807, 2.05) is 0 Å². The predicted molar refractivity (Wildman–Crippen MR) is 51.2 cm³/mol. The highest BCUT2D eigenvalue weighted by molar-refractivity contribution is 5.84. The lowest BCUT2D eigenvalue weighted by atomic mass is 9.82. The SMILES string of the molecule is CCC1(O)c2ccccc2OC(=O)C1(F)F. The normalized spacial score (nSPS) is 27.1. The van der Waals surface area contributed by atoms with Gasteiger partial charge in [-0.05, 0) is 12.5 Å². The van der Waals surface area contributed by atoms with Crippen LogP contribution in [0.3, 0.4) is 0 Å². The molecule has 1 aromatic carbocycles. The molecule has 5 heteroatoms. The van der Waals surface area contributed by atoms with Crippen LogP contribution in [0, 0.1) is 0 Å². The van der Waals surface area contributed by atoms with Crippen LogP contribution in [0.1, 0.15) is 18.9 Å². The van der Waals surface area contributed by atoms with Crippen LogP contribution in [0.15, 0.2) is 24.3 Å². The van der Waals surface area contributed by atoms with Crippen molar-refractivity contribution in [3.8, 4) is 5.75 Å². The number of rotatable bonds is 1. The molecule has 0 spiro atoms. The van der Waals surface area contributed by atoms with E-state index in [0.29, 0.717) is 0 Å². The van der Waals surface area contributed by atoms with Crippen molar-refractivity contribution in [2.24, 2.45) is 0 Å². The van der Waals surface area contributed by atoms with E-state index >= 15 is 0 Å². The average molecular weight is 228 g/mol. The largest absolute Gasteiger partial charge is 0.422 e. The summed E-state index contributed by atoms with van der Waals surface area (Å²) in [5.41, 5.74) is -2.54. The van der Waals surface area contributed by atoms with Crippen LogP contribution < -0.4 is 4.74 Å². The van der Waals surface area contributed by atoms with Gasteiger partial charge in [0, 0.05) is 5.56 Å². The molecular weight excluding hydrogens is 218 g/mol. The quantitative estimate of drug-likeness (QED) is 0.589. The number of hydrogen-bond donors (Lipinski definition) is 1. The third-order valence-corrected chi connectivity index (χ3v) is 2.82. The summed E-state index contributed by atoms with van der Waals surface area (Å²) in [4.78, 5) is 11.1. The first-order chi connectivity index (χ1) is 7.43. The number of ether oxygens (including phenoxy) is 1. The van der Waals surface area contributed by atoms with Crippen LogP contribution in [-0.4, -0.2) is 17.0 Å². The summed E-state index contributed by atoms with van der Waals surface area (Å²) >= 11 is 0. The minimum absolute atomic E-state index is 0.0113. The van der Waals surface area contributed by atoms with Crippen molar-refractivity contribution in [3.05, 3.63) is 29.8 Å². The highest BCUT2D eigenvalue weighted by atomic mass is 19.3. The molecule has 0 radical (unpaired) electrons. The molecule has 2 rings (SSSR count). The summed E-state index contributed by atoms with van der Waals surface area (Å²) in [5, 5.41) is 9.98. The number of hydrogen-bond acceptors (Lipinski definition) is 3. The van der Waals surface area contributed by atoms with Crippen LogP contribution in [0.2, 0.25) is 0 Å². The molecule has 1 aliphatic rings. The van der Waals surface area contributed by atoms with Gasteiger partial charge in [0.2, 0.25) is 0 Å². The summed E-state index contributed by atoms with van der Waals surface area (Å²) in [5.74, 6) is -5.64. The Morgan fingerprint density at radius 2 is 2.00 bits per heavy atom. The maximum Gasteiger partial charge on any atom is 0.385 e. The Hall–Kier alpha value is -1.49. The Kier molecular flexibility index (Phi) is 2.24. The first-order valence-electron chi connectivity index (χ1n) is 4.85. The van der Waals surface area contributed by atoms with E-state index in [1.54, 1.807) is 6.07 Å². The smallest absolute Gasteiger partial charge is 0.385 e. The van der Waals surface area contributed by atoms with Crippen molar-refractivity contribution in [3.63, 3.8) is 0 Å². The van der Waals surface area contributed by atoms with Gasteiger partial charge in [0.25, 0.3) is 0 Å². The fourth-order valence-corrected chi connectivity index (χ4v) is 1.81. The first-order valence-corrected chi connectivity index (χ1v) is 4.85.